The molecule has 0 unspecified atom stereocenters. The third-order valence-electron chi connectivity index (χ3n) is 3.63. The first kappa shape index (κ1) is 17.1. The Bertz CT molecular complexity index is 1100. The SMILES string of the molecule is O=[N+]([O-])c1ccc(-c2nnc(CSc3nc4cc(F)c(F)cc4[nH]3)o2)cc1. The van der Waals surface area contributed by atoms with Gasteiger partial charge in [0.05, 0.1) is 21.7 Å². The highest BCUT2D eigenvalue weighted by atomic mass is 32.2. The number of hydrogen-bond acceptors (Lipinski definition) is 7. The number of nitro groups is 1. The summed E-state index contributed by atoms with van der Waals surface area (Å²) in [4.78, 5) is 17.2. The molecule has 0 amide bonds. The van der Waals surface area contributed by atoms with E-state index in [2.05, 4.69) is 20.2 Å². The van der Waals surface area contributed by atoms with Crippen LogP contribution in [0.25, 0.3) is 22.5 Å². The smallest absolute Gasteiger partial charge is 0.269 e. The number of imidazole rings is 1. The van der Waals surface area contributed by atoms with E-state index >= 15 is 0 Å². The van der Waals surface area contributed by atoms with Crippen molar-refractivity contribution in [3.8, 4) is 11.5 Å². The fourth-order valence-corrected chi connectivity index (χ4v) is 3.06. The number of nitrogens with zero attached hydrogens (tertiary/aromatic N) is 4. The van der Waals surface area contributed by atoms with Gasteiger partial charge in [0.1, 0.15) is 0 Å². The number of nitrogens with one attached hydrogen (secondary N) is 1. The minimum atomic E-state index is -0.963. The van der Waals surface area contributed by atoms with Gasteiger partial charge in [-0.15, -0.1) is 10.2 Å². The van der Waals surface area contributed by atoms with Gasteiger partial charge in [0, 0.05) is 29.8 Å². The lowest BCUT2D eigenvalue weighted by atomic mass is 10.2. The maximum atomic E-state index is 13.2. The van der Waals surface area contributed by atoms with Gasteiger partial charge in [0.2, 0.25) is 11.8 Å². The van der Waals surface area contributed by atoms with Crippen LogP contribution in [0, 0.1) is 21.7 Å². The second-order valence-corrected chi connectivity index (χ2v) is 6.38. The minimum absolute atomic E-state index is 0.0354. The van der Waals surface area contributed by atoms with Crippen molar-refractivity contribution in [2.24, 2.45) is 0 Å². The fraction of sp³-hybridized carbons (Fsp3) is 0.0625. The predicted octanol–water partition coefficient (Wildman–Crippen LogP) is 4.09. The zero-order valence-electron chi connectivity index (χ0n) is 13.3. The molecule has 2 aromatic carbocycles. The van der Waals surface area contributed by atoms with E-state index in [0.717, 1.165) is 12.1 Å². The summed E-state index contributed by atoms with van der Waals surface area (Å²) in [5, 5.41) is 18.9. The standard InChI is InChI=1S/C16H9F2N5O3S/c17-10-5-12-13(6-11(10)18)20-16(19-12)27-7-14-21-22-15(26-14)8-1-3-9(4-2-8)23(24)25/h1-6H,7H2,(H,19,20). The molecule has 11 heteroatoms. The third kappa shape index (κ3) is 3.49. The number of aromatic nitrogens is 4. The number of rotatable bonds is 5. The molecule has 1 N–H and O–H groups in total. The molecule has 0 spiro atoms. The van der Waals surface area contributed by atoms with E-state index in [9.17, 15) is 18.9 Å². The highest BCUT2D eigenvalue weighted by molar-refractivity contribution is 7.98. The molecule has 0 aliphatic carbocycles. The highest BCUT2D eigenvalue weighted by Crippen LogP contribution is 2.26. The molecule has 136 valence electrons. The van der Waals surface area contributed by atoms with Gasteiger partial charge in [-0.1, -0.05) is 11.8 Å². The molecule has 0 radical (unpaired) electrons. The Morgan fingerprint density at radius 1 is 1.15 bits per heavy atom. The average Bonchev–Trinajstić information content (AvgIpc) is 3.27. The van der Waals surface area contributed by atoms with Crippen molar-refractivity contribution in [2.75, 3.05) is 0 Å². The molecule has 0 aliphatic heterocycles. The van der Waals surface area contributed by atoms with Crippen LogP contribution in [0.15, 0.2) is 46.0 Å². The van der Waals surface area contributed by atoms with Crippen molar-refractivity contribution < 1.29 is 18.1 Å². The molecular formula is C16H9F2N5O3S. The number of fused-ring (bicyclic) bond motifs is 1. The summed E-state index contributed by atoms with van der Waals surface area (Å²) in [5.74, 6) is -1.09. The molecule has 0 saturated carbocycles. The van der Waals surface area contributed by atoms with Crippen molar-refractivity contribution in [1.82, 2.24) is 20.2 Å². The van der Waals surface area contributed by atoms with Crippen molar-refractivity contribution in [3.63, 3.8) is 0 Å². The first-order chi connectivity index (χ1) is 13.0. The van der Waals surface area contributed by atoms with Gasteiger partial charge >= 0.3 is 0 Å². The Kier molecular flexibility index (Phi) is 4.28. The van der Waals surface area contributed by atoms with Crippen molar-refractivity contribution in [1.29, 1.82) is 0 Å². The number of aromatic amines is 1. The maximum Gasteiger partial charge on any atom is 0.269 e. The number of hydrogen-bond donors (Lipinski definition) is 1. The molecule has 8 nitrogen and oxygen atoms in total. The van der Waals surface area contributed by atoms with E-state index in [1.807, 2.05) is 0 Å². The van der Waals surface area contributed by atoms with Gasteiger partial charge in [-0.05, 0) is 12.1 Å². The molecule has 27 heavy (non-hydrogen) atoms. The minimum Gasteiger partial charge on any atom is -0.420 e. The molecule has 0 fully saturated rings. The number of benzene rings is 2. The maximum absolute atomic E-state index is 13.2. The zero-order chi connectivity index (χ0) is 19.0. The molecule has 0 atom stereocenters. The molecule has 0 aliphatic rings. The summed E-state index contributed by atoms with van der Waals surface area (Å²) in [6.45, 7) is 0. The van der Waals surface area contributed by atoms with Crippen LogP contribution in [0.2, 0.25) is 0 Å². The van der Waals surface area contributed by atoms with Gasteiger partial charge in [0.15, 0.2) is 16.8 Å². The largest absolute Gasteiger partial charge is 0.420 e. The van der Waals surface area contributed by atoms with Gasteiger partial charge < -0.3 is 9.40 Å². The van der Waals surface area contributed by atoms with E-state index in [1.165, 1.54) is 36.0 Å². The number of halogens is 2. The van der Waals surface area contributed by atoms with Gasteiger partial charge in [0.25, 0.3) is 5.69 Å². The van der Waals surface area contributed by atoms with Crippen LogP contribution in [0.1, 0.15) is 5.89 Å². The Morgan fingerprint density at radius 2 is 1.89 bits per heavy atom. The molecule has 4 rings (SSSR count). The van der Waals surface area contributed by atoms with Crippen LogP contribution in [0.4, 0.5) is 14.5 Å². The first-order valence-corrected chi connectivity index (χ1v) is 8.53. The van der Waals surface area contributed by atoms with E-state index < -0.39 is 16.6 Å². The lowest BCUT2D eigenvalue weighted by molar-refractivity contribution is -0.384. The summed E-state index contributed by atoms with van der Waals surface area (Å²) < 4.78 is 32.0. The number of H-pyrrole nitrogens is 1. The second-order valence-electron chi connectivity index (χ2n) is 5.42. The van der Waals surface area contributed by atoms with E-state index in [1.54, 1.807) is 0 Å². The lowest BCUT2D eigenvalue weighted by Crippen LogP contribution is -1.87. The summed E-state index contributed by atoms with van der Waals surface area (Å²) in [5.41, 5.74) is 1.22. The van der Waals surface area contributed by atoms with Crippen LogP contribution in [-0.4, -0.2) is 25.1 Å². The molecular weight excluding hydrogens is 380 g/mol. The van der Waals surface area contributed by atoms with E-state index in [4.69, 9.17) is 4.42 Å². The Balaban J connectivity index is 1.47. The van der Waals surface area contributed by atoms with Gasteiger partial charge in [-0.3, -0.25) is 10.1 Å². The summed E-state index contributed by atoms with van der Waals surface area (Å²) in [6, 6.07) is 7.79. The zero-order valence-corrected chi connectivity index (χ0v) is 14.2. The van der Waals surface area contributed by atoms with Crippen molar-refractivity contribution in [3.05, 3.63) is 64.0 Å². The molecule has 4 aromatic rings. The van der Waals surface area contributed by atoms with Gasteiger partial charge in [-0.25, -0.2) is 13.8 Å². The van der Waals surface area contributed by atoms with Gasteiger partial charge in [-0.2, -0.15) is 0 Å². The quantitative estimate of drug-likeness (QED) is 0.311. The molecule has 2 heterocycles. The summed E-state index contributed by atoms with van der Waals surface area (Å²) in [6.07, 6.45) is 0. The molecule has 0 bridgehead atoms. The molecule has 2 aromatic heterocycles. The number of thioether (sulfide) groups is 1. The Morgan fingerprint density at radius 3 is 2.63 bits per heavy atom. The Labute approximate surface area is 153 Å². The number of non-ortho nitro benzene ring substituents is 1. The average molecular weight is 389 g/mol. The van der Waals surface area contributed by atoms with Crippen LogP contribution >= 0.6 is 11.8 Å². The second kappa shape index (κ2) is 6.76. The van der Waals surface area contributed by atoms with Crippen LogP contribution < -0.4 is 0 Å². The first-order valence-electron chi connectivity index (χ1n) is 7.54. The van der Waals surface area contributed by atoms with Crippen LogP contribution in [0.5, 0.6) is 0 Å². The molecule has 0 saturated heterocycles. The van der Waals surface area contributed by atoms with Crippen molar-refractivity contribution in [2.45, 2.75) is 10.9 Å². The predicted molar refractivity (Wildman–Crippen MR) is 92.0 cm³/mol. The number of nitro benzene ring substituents is 1. The van der Waals surface area contributed by atoms with E-state index in [0.29, 0.717) is 27.6 Å². The van der Waals surface area contributed by atoms with Crippen LogP contribution in [-0.2, 0) is 5.75 Å². The highest BCUT2D eigenvalue weighted by Gasteiger charge is 2.13. The van der Waals surface area contributed by atoms with Crippen LogP contribution in [0.3, 0.4) is 0 Å². The van der Waals surface area contributed by atoms with Crippen molar-refractivity contribution >= 4 is 28.5 Å². The topological polar surface area (TPSA) is 111 Å². The Hall–Kier alpha value is -3.34. The summed E-state index contributed by atoms with van der Waals surface area (Å²) in [7, 11) is 0. The lowest BCUT2D eigenvalue weighted by Gasteiger charge is -1.95. The third-order valence-corrected chi connectivity index (χ3v) is 4.48. The summed E-state index contributed by atoms with van der Waals surface area (Å²) >= 11 is 1.23. The monoisotopic (exact) mass is 389 g/mol. The van der Waals surface area contributed by atoms with E-state index in [-0.39, 0.29) is 17.3 Å². The normalized spacial score (nSPS) is 11.2. The fourth-order valence-electron chi connectivity index (χ4n) is 2.33.